The number of rotatable bonds is 4. The zero-order chi connectivity index (χ0) is 14.9. The van der Waals surface area contributed by atoms with E-state index in [1.54, 1.807) is 6.07 Å². The molecule has 0 fully saturated rings. The molecule has 1 aromatic carbocycles. The molecule has 7 heteroatoms. The van der Waals surface area contributed by atoms with E-state index in [2.05, 4.69) is 10.1 Å². The number of halogens is 1. The molecule has 0 spiro atoms. The van der Waals surface area contributed by atoms with Crippen LogP contribution in [0.2, 0.25) is 0 Å². The van der Waals surface area contributed by atoms with Gasteiger partial charge in [0, 0.05) is 12.7 Å². The monoisotopic (exact) mass is 282 g/mol. The maximum Gasteiger partial charge on any atom is 0.336 e. The molecular formula is C13H15FN2O4. The van der Waals surface area contributed by atoms with Crippen molar-refractivity contribution in [3.63, 3.8) is 0 Å². The van der Waals surface area contributed by atoms with Gasteiger partial charge >= 0.3 is 5.97 Å². The summed E-state index contributed by atoms with van der Waals surface area (Å²) < 4.78 is 18.3. The number of esters is 1. The van der Waals surface area contributed by atoms with Crippen molar-refractivity contribution in [3.8, 4) is 0 Å². The summed E-state index contributed by atoms with van der Waals surface area (Å²) >= 11 is 0. The maximum absolute atomic E-state index is 13.9. The third-order valence-corrected chi connectivity index (χ3v) is 3.17. The van der Waals surface area contributed by atoms with Crippen LogP contribution in [-0.2, 0) is 20.7 Å². The molecule has 1 aliphatic heterocycles. The standard InChI is InChI=1S/C13H15FN2O4/c1-16-11(18)4-7-3-8(5-9(14)12(7)16)15-6-10(17)13(19)20-2/h3,5,10,15,17H,4,6H2,1-2H3/t10-/m1/s1. The van der Waals surface area contributed by atoms with Crippen molar-refractivity contribution in [2.75, 3.05) is 30.9 Å². The highest BCUT2D eigenvalue weighted by molar-refractivity contribution is 6.01. The Bertz CT molecular complexity index is 562. The molecule has 0 saturated carbocycles. The lowest BCUT2D eigenvalue weighted by Gasteiger charge is -2.14. The van der Waals surface area contributed by atoms with Gasteiger partial charge in [0.25, 0.3) is 0 Å². The number of hydrogen-bond acceptors (Lipinski definition) is 5. The summed E-state index contributed by atoms with van der Waals surface area (Å²) in [6.07, 6.45) is -1.20. The van der Waals surface area contributed by atoms with Crippen LogP contribution < -0.4 is 10.2 Å². The molecule has 2 N–H and O–H groups in total. The Balaban J connectivity index is 2.12. The molecule has 0 aromatic heterocycles. The van der Waals surface area contributed by atoms with E-state index >= 15 is 0 Å². The summed E-state index contributed by atoms with van der Waals surface area (Å²) in [5, 5.41) is 12.2. The molecule has 1 aliphatic rings. The summed E-state index contributed by atoms with van der Waals surface area (Å²) in [7, 11) is 2.69. The lowest BCUT2D eigenvalue weighted by Crippen LogP contribution is -2.29. The number of aliphatic hydroxyl groups is 1. The van der Waals surface area contributed by atoms with Gasteiger partial charge in [0.1, 0.15) is 5.82 Å². The van der Waals surface area contributed by atoms with Crippen molar-refractivity contribution in [1.82, 2.24) is 0 Å². The summed E-state index contributed by atoms with van der Waals surface area (Å²) in [5.74, 6) is -1.47. The van der Waals surface area contributed by atoms with E-state index in [1.165, 1.54) is 25.1 Å². The van der Waals surface area contributed by atoms with E-state index in [9.17, 15) is 19.1 Å². The highest BCUT2D eigenvalue weighted by Gasteiger charge is 2.28. The Morgan fingerprint density at radius 2 is 2.30 bits per heavy atom. The first-order valence-electron chi connectivity index (χ1n) is 6.02. The number of nitrogens with zero attached hydrogens (tertiary/aromatic N) is 1. The topological polar surface area (TPSA) is 78.9 Å². The molecule has 0 radical (unpaired) electrons. The van der Waals surface area contributed by atoms with E-state index in [0.717, 1.165) is 0 Å². The van der Waals surface area contributed by atoms with Gasteiger partial charge in [-0.25, -0.2) is 9.18 Å². The molecule has 108 valence electrons. The number of methoxy groups -OCH3 is 1. The highest BCUT2D eigenvalue weighted by Crippen LogP contribution is 2.33. The molecule has 1 amide bonds. The minimum absolute atomic E-state index is 0.102. The average molecular weight is 282 g/mol. The fraction of sp³-hybridized carbons (Fsp3) is 0.385. The van der Waals surface area contributed by atoms with Crippen LogP contribution in [0.1, 0.15) is 5.56 Å². The fourth-order valence-corrected chi connectivity index (χ4v) is 2.11. The van der Waals surface area contributed by atoms with Gasteiger partial charge in [-0.2, -0.15) is 0 Å². The number of hydrogen-bond donors (Lipinski definition) is 2. The van der Waals surface area contributed by atoms with E-state index in [0.29, 0.717) is 11.3 Å². The molecular weight excluding hydrogens is 267 g/mol. The van der Waals surface area contributed by atoms with Gasteiger partial charge in [-0.15, -0.1) is 0 Å². The molecule has 0 bridgehead atoms. The summed E-state index contributed by atoms with van der Waals surface area (Å²) in [6, 6.07) is 2.85. The molecule has 0 unspecified atom stereocenters. The second-order valence-electron chi connectivity index (χ2n) is 4.52. The number of amides is 1. The number of fused-ring (bicyclic) bond motifs is 1. The number of aliphatic hydroxyl groups excluding tert-OH is 1. The number of benzene rings is 1. The van der Waals surface area contributed by atoms with Gasteiger partial charge in [-0.3, -0.25) is 4.79 Å². The smallest absolute Gasteiger partial charge is 0.336 e. The first kappa shape index (κ1) is 14.3. The summed E-state index contributed by atoms with van der Waals surface area (Å²) in [4.78, 5) is 23.8. The number of likely N-dealkylation sites (N-methyl/N-ethyl adjacent to an activating group) is 1. The van der Waals surface area contributed by atoms with Gasteiger partial charge in [-0.1, -0.05) is 0 Å². The molecule has 1 heterocycles. The van der Waals surface area contributed by atoms with Crippen LogP contribution in [0, 0.1) is 5.82 Å². The molecule has 0 aliphatic carbocycles. The molecule has 0 saturated heterocycles. The lowest BCUT2D eigenvalue weighted by molar-refractivity contribution is -0.149. The van der Waals surface area contributed by atoms with Crippen molar-refractivity contribution >= 4 is 23.3 Å². The number of nitrogens with one attached hydrogen (secondary N) is 1. The van der Waals surface area contributed by atoms with E-state index in [1.807, 2.05) is 0 Å². The van der Waals surface area contributed by atoms with Crippen LogP contribution in [0.15, 0.2) is 12.1 Å². The maximum atomic E-state index is 13.9. The van der Waals surface area contributed by atoms with Crippen molar-refractivity contribution in [2.24, 2.45) is 0 Å². The second kappa shape index (κ2) is 5.46. The minimum Gasteiger partial charge on any atom is -0.467 e. The largest absolute Gasteiger partial charge is 0.467 e. The third-order valence-electron chi connectivity index (χ3n) is 3.17. The van der Waals surface area contributed by atoms with Crippen molar-refractivity contribution in [1.29, 1.82) is 0 Å². The van der Waals surface area contributed by atoms with E-state index in [-0.39, 0.29) is 24.6 Å². The van der Waals surface area contributed by atoms with Gasteiger partial charge in [0.05, 0.1) is 25.8 Å². The van der Waals surface area contributed by atoms with Gasteiger partial charge in [0.15, 0.2) is 6.10 Å². The molecule has 1 atom stereocenters. The quantitative estimate of drug-likeness (QED) is 0.776. The van der Waals surface area contributed by atoms with E-state index in [4.69, 9.17) is 0 Å². The average Bonchev–Trinajstić information content (AvgIpc) is 2.70. The van der Waals surface area contributed by atoms with Gasteiger partial charge < -0.3 is 20.1 Å². The lowest BCUT2D eigenvalue weighted by atomic mass is 10.1. The van der Waals surface area contributed by atoms with Gasteiger partial charge in [0.2, 0.25) is 5.91 Å². The molecule has 1 aromatic rings. The van der Waals surface area contributed by atoms with Crippen LogP contribution in [0.3, 0.4) is 0 Å². The number of ether oxygens (including phenoxy) is 1. The molecule has 2 rings (SSSR count). The third kappa shape index (κ3) is 2.57. The Morgan fingerprint density at radius 3 is 2.95 bits per heavy atom. The summed E-state index contributed by atoms with van der Waals surface area (Å²) in [5.41, 5.74) is 1.24. The van der Waals surface area contributed by atoms with Crippen LogP contribution in [-0.4, -0.2) is 43.8 Å². The second-order valence-corrected chi connectivity index (χ2v) is 4.52. The number of anilines is 2. The van der Waals surface area contributed by atoms with Crippen LogP contribution >= 0.6 is 0 Å². The predicted octanol–water partition coefficient (Wildman–Crippen LogP) is 0.290. The Hall–Kier alpha value is -2.15. The van der Waals surface area contributed by atoms with Crippen LogP contribution in [0.4, 0.5) is 15.8 Å². The SMILES string of the molecule is COC(=O)[C@H](O)CNc1cc(F)c2c(c1)CC(=O)N2C. The minimum atomic E-state index is -1.33. The Kier molecular flexibility index (Phi) is 3.89. The summed E-state index contributed by atoms with van der Waals surface area (Å²) in [6.45, 7) is -0.102. The van der Waals surface area contributed by atoms with Crippen molar-refractivity contribution < 1.29 is 23.8 Å². The zero-order valence-corrected chi connectivity index (χ0v) is 11.1. The number of carbonyl (C=O) groups is 2. The highest BCUT2D eigenvalue weighted by atomic mass is 19.1. The normalized spacial score (nSPS) is 15.0. The van der Waals surface area contributed by atoms with Gasteiger partial charge in [-0.05, 0) is 17.7 Å². The van der Waals surface area contributed by atoms with Crippen LogP contribution in [0.5, 0.6) is 0 Å². The van der Waals surface area contributed by atoms with Crippen LogP contribution in [0.25, 0.3) is 0 Å². The molecule has 20 heavy (non-hydrogen) atoms. The fourth-order valence-electron chi connectivity index (χ4n) is 2.11. The van der Waals surface area contributed by atoms with Crippen molar-refractivity contribution in [3.05, 3.63) is 23.5 Å². The van der Waals surface area contributed by atoms with E-state index < -0.39 is 17.9 Å². The first-order chi connectivity index (χ1) is 9.43. The Labute approximate surface area is 115 Å². The molecule has 6 nitrogen and oxygen atoms in total. The number of carbonyl (C=O) groups excluding carboxylic acids is 2. The predicted molar refractivity (Wildman–Crippen MR) is 70.0 cm³/mol. The zero-order valence-electron chi connectivity index (χ0n) is 11.1. The Morgan fingerprint density at radius 1 is 1.60 bits per heavy atom. The first-order valence-corrected chi connectivity index (χ1v) is 6.02. The van der Waals surface area contributed by atoms with Crippen molar-refractivity contribution in [2.45, 2.75) is 12.5 Å².